The molecule has 2 rings (SSSR count). The number of benzene rings is 2. The molecule has 0 saturated carbocycles. The molecular formula is C13H9BClF4KO. The maximum absolute atomic E-state index is 13.5. The van der Waals surface area contributed by atoms with Crippen molar-refractivity contribution < 1.29 is 73.5 Å². The summed E-state index contributed by atoms with van der Waals surface area (Å²) in [5, 5.41) is 0.168. The molecule has 0 N–H and O–H groups in total. The van der Waals surface area contributed by atoms with Crippen LogP contribution >= 0.6 is 11.6 Å². The van der Waals surface area contributed by atoms with Gasteiger partial charge in [0.25, 0.3) is 0 Å². The van der Waals surface area contributed by atoms with E-state index in [1.807, 2.05) is 0 Å². The van der Waals surface area contributed by atoms with Crippen molar-refractivity contribution in [1.82, 2.24) is 0 Å². The van der Waals surface area contributed by atoms with Crippen LogP contribution in [0.4, 0.5) is 17.3 Å². The van der Waals surface area contributed by atoms with Crippen molar-refractivity contribution in [1.29, 1.82) is 0 Å². The smallest absolute Gasteiger partial charge is 0.489 e. The molecule has 2 aromatic rings. The van der Waals surface area contributed by atoms with E-state index in [0.717, 1.165) is 12.1 Å². The molecule has 8 heteroatoms. The van der Waals surface area contributed by atoms with Gasteiger partial charge in [-0.15, -0.1) is 5.46 Å². The molecule has 2 aromatic carbocycles. The molecule has 0 saturated heterocycles. The topological polar surface area (TPSA) is 9.23 Å². The number of ether oxygens (including phenoxy) is 1. The molecule has 0 atom stereocenters. The molecule has 21 heavy (non-hydrogen) atoms. The van der Waals surface area contributed by atoms with E-state index in [0.29, 0.717) is 0 Å². The zero-order chi connectivity index (χ0) is 14.8. The average Bonchev–Trinajstić information content (AvgIpc) is 2.37. The Morgan fingerprint density at radius 3 is 2.33 bits per heavy atom. The summed E-state index contributed by atoms with van der Waals surface area (Å²) in [6, 6.07) is 8.59. The molecular weight excluding hydrogens is 333 g/mol. The fraction of sp³-hybridized carbons (Fsp3) is 0.0769. The third-order valence-corrected chi connectivity index (χ3v) is 3.04. The van der Waals surface area contributed by atoms with Gasteiger partial charge in [0, 0.05) is 5.56 Å². The number of rotatable bonds is 4. The Bertz CT molecular complexity index is 601. The van der Waals surface area contributed by atoms with Gasteiger partial charge >= 0.3 is 58.4 Å². The first kappa shape index (κ1) is 19.0. The van der Waals surface area contributed by atoms with E-state index in [2.05, 4.69) is 0 Å². The predicted octanol–water partition coefficient (Wildman–Crippen LogP) is 1.12. The van der Waals surface area contributed by atoms with E-state index in [-0.39, 0.29) is 74.3 Å². The van der Waals surface area contributed by atoms with Crippen LogP contribution in [0, 0.1) is 5.82 Å². The molecule has 0 aliphatic carbocycles. The predicted molar refractivity (Wildman–Crippen MR) is 70.9 cm³/mol. The summed E-state index contributed by atoms with van der Waals surface area (Å²) < 4.78 is 56.4. The van der Waals surface area contributed by atoms with Gasteiger partial charge in [-0.3, -0.25) is 0 Å². The summed E-state index contributed by atoms with van der Waals surface area (Å²) in [5.41, 5.74) is -0.654. The van der Waals surface area contributed by atoms with Crippen molar-refractivity contribution in [2.45, 2.75) is 6.61 Å². The summed E-state index contributed by atoms with van der Waals surface area (Å²) in [7, 11) is 0. The van der Waals surface area contributed by atoms with Gasteiger partial charge in [0.05, 0.1) is 5.02 Å². The van der Waals surface area contributed by atoms with Crippen LogP contribution in [-0.2, 0) is 6.61 Å². The van der Waals surface area contributed by atoms with E-state index in [4.69, 9.17) is 16.3 Å². The second-order valence-corrected chi connectivity index (χ2v) is 4.54. The number of hydrogen-bond donors (Lipinski definition) is 0. The van der Waals surface area contributed by atoms with Crippen molar-refractivity contribution in [3.63, 3.8) is 0 Å². The van der Waals surface area contributed by atoms with Gasteiger partial charge in [0.1, 0.15) is 18.2 Å². The molecule has 0 radical (unpaired) electrons. The van der Waals surface area contributed by atoms with Crippen LogP contribution in [0.25, 0.3) is 0 Å². The Labute approximate surface area is 167 Å². The third kappa shape index (κ3) is 5.26. The van der Waals surface area contributed by atoms with E-state index >= 15 is 0 Å². The zero-order valence-electron chi connectivity index (χ0n) is 11.1. The summed E-state index contributed by atoms with van der Waals surface area (Å²) >= 11 is 5.80. The minimum Gasteiger partial charge on any atom is -0.489 e. The van der Waals surface area contributed by atoms with Crippen molar-refractivity contribution in [3.8, 4) is 5.75 Å². The van der Waals surface area contributed by atoms with Gasteiger partial charge in [-0.25, -0.2) is 4.39 Å². The van der Waals surface area contributed by atoms with Crippen LogP contribution in [-0.4, -0.2) is 6.98 Å². The molecule has 0 aliphatic heterocycles. The molecule has 0 aliphatic rings. The Morgan fingerprint density at radius 1 is 1.05 bits per heavy atom. The summed E-state index contributed by atoms with van der Waals surface area (Å²) in [4.78, 5) is 0. The van der Waals surface area contributed by atoms with Crippen LogP contribution in [0.2, 0.25) is 5.02 Å². The van der Waals surface area contributed by atoms with E-state index < -0.39 is 18.3 Å². The second kappa shape index (κ2) is 7.99. The van der Waals surface area contributed by atoms with Crippen LogP contribution < -0.4 is 61.6 Å². The van der Waals surface area contributed by atoms with Gasteiger partial charge in [-0.05, 0) is 24.3 Å². The maximum Gasteiger partial charge on any atom is 1.00 e. The molecule has 106 valence electrons. The minimum absolute atomic E-state index is 0. The molecule has 0 heterocycles. The molecule has 0 amide bonds. The Hall–Kier alpha value is -0.0487. The van der Waals surface area contributed by atoms with Crippen LogP contribution in [0.1, 0.15) is 5.56 Å². The first-order chi connectivity index (χ1) is 9.38. The Balaban J connectivity index is 0.00000220. The number of hydrogen-bond acceptors (Lipinski definition) is 1. The zero-order valence-corrected chi connectivity index (χ0v) is 15.0. The molecule has 0 spiro atoms. The van der Waals surface area contributed by atoms with Gasteiger partial charge in [-0.1, -0.05) is 29.8 Å². The second-order valence-electron chi connectivity index (χ2n) is 4.14. The summed E-state index contributed by atoms with van der Waals surface area (Å²) in [6.45, 7) is -5.33. The number of halogens is 5. The van der Waals surface area contributed by atoms with Crippen LogP contribution in [0.3, 0.4) is 0 Å². The van der Waals surface area contributed by atoms with Gasteiger partial charge < -0.3 is 17.7 Å². The molecule has 0 fully saturated rings. The van der Waals surface area contributed by atoms with E-state index in [1.165, 1.54) is 30.3 Å². The van der Waals surface area contributed by atoms with Gasteiger partial charge in [0.15, 0.2) is 0 Å². The van der Waals surface area contributed by atoms with Crippen molar-refractivity contribution >= 4 is 24.0 Å². The standard InChI is InChI=1S/C13H9BClF4O.K/c15-12-5-2-6-13(16)11(12)8-20-10-4-1-3-9(7-10)14(17,18)19;/h1-7H,8H2;/q-1;+1. The summed E-state index contributed by atoms with van der Waals surface area (Å²) in [6.07, 6.45) is 0. The van der Waals surface area contributed by atoms with Gasteiger partial charge in [-0.2, -0.15) is 0 Å². The third-order valence-electron chi connectivity index (χ3n) is 2.68. The quantitative estimate of drug-likeness (QED) is 0.598. The summed E-state index contributed by atoms with van der Waals surface area (Å²) in [5.74, 6) is -0.547. The van der Waals surface area contributed by atoms with Crippen molar-refractivity contribution in [2.75, 3.05) is 0 Å². The average molecular weight is 343 g/mol. The van der Waals surface area contributed by atoms with Gasteiger partial charge in [0.2, 0.25) is 0 Å². The van der Waals surface area contributed by atoms with Crippen LogP contribution in [0.15, 0.2) is 42.5 Å². The monoisotopic (exact) mass is 342 g/mol. The van der Waals surface area contributed by atoms with Crippen molar-refractivity contribution in [3.05, 3.63) is 58.9 Å². The van der Waals surface area contributed by atoms with Crippen LogP contribution in [0.5, 0.6) is 5.75 Å². The molecule has 0 aromatic heterocycles. The first-order valence-corrected chi connectivity index (χ1v) is 6.11. The molecule has 0 bridgehead atoms. The first-order valence-electron chi connectivity index (χ1n) is 5.73. The normalized spacial score (nSPS) is 10.9. The minimum atomic E-state index is -5.09. The maximum atomic E-state index is 13.5. The Kier molecular flexibility index (Phi) is 7.23. The SMILES string of the molecule is Fc1cccc(Cl)c1COc1cccc([B-](F)(F)F)c1.[K+]. The Morgan fingerprint density at radius 2 is 1.71 bits per heavy atom. The fourth-order valence-corrected chi connectivity index (χ4v) is 1.85. The molecule has 0 unspecified atom stereocenters. The van der Waals surface area contributed by atoms with E-state index in [9.17, 15) is 17.3 Å². The molecule has 1 nitrogen and oxygen atoms in total. The largest absolute Gasteiger partial charge is 1.00 e. The fourth-order valence-electron chi connectivity index (χ4n) is 1.63. The van der Waals surface area contributed by atoms with E-state index in [1.54, 1.807) is 0 Å². The van der Waals surface area contributed by atoms with Crippen molar-refractivity contribution in [2.24, 2.45) is 0 Å².